The van der Waals surface area contributed by atoms with Crippen molar-refractivity contribution in [3.8, 4) is 6.07 Å². The van der Waals surface area contributed by atoms with Crippen molar-refractivity contribution < 1.29 is 14.3 Å². The SMILES string of the molecule is N#C[C@@H]1C[C@@H]2C[C@@H]2N1C(=O)[C@@H](N)C12CC3CC(CC(OCCN4CCN(C(=O)c5cccc(=O)[nH]5)CC4)(C3)C1)C2. The highest BCUT2D eigenvalue weighted by Gasteiger charge is 2.63. The third kappa shape index (κ3) is 4.47. The lowest BCUT2D eigenvalue weighted by atomic mass is 9.46. The van der Waals surface area contributed by atoms with Crippen molar-refractivity contribution in [2.75, 3.05) is 39.3 Å². The molecule has 0 radical (unpaired) electrons. The summed E-state index contributed by atoms with van der Waals surface area (Å²) in [6.07, 6.45) is 8.00. The lowest BCUT2D eigenvalue weighted by molar-refractivity contribution is -0.201. The number of aromatic amines is 1. The van der Waals surface area contributed by atoms with Crippen LogP contribution >= 0.6 is 0 Å². The number of nitriles is 1. The summed E-state index contributed by atoms with van der Waals surface area (Å²) in [6, 6.07) is 6.38. The lowest BCUT2D eigenvalue weighted by Gasteiger charge is -2.63. The normalized spacial score (nSPS) is 38.6. The quantitative estimate of drug-likeness (QED) is 0.525. The number of H-pyrrole nitrogens is 1. The molecule has 7 fully saturated rings. The minimum atomic E-state index is -0.554. The fourth-order valence-corrected chi connectivity index (χ4v) is 9.40. The molecule has 10 heteroatoms. The molecule has 7 aliphatic rings. The van der Waals surface area contributed by atoms with Gasteiger partial charge in [0.05, 0.1) is 24.3 Å². The molecule has 2 unspecified atom stereocenters. The second-order valence-corrected chi connectivity index (χ2v) is 13.6. The number of likely N-dealkylation sites (tertiary alicyclic amines) is 1. The largest absolute Gasteiger partial charge is 0.374 e. The first-order chi connectivity index (χ1) is 19.3. The van der Waals surface area contributed by atoms with Crippen LogP contribution in [0.25, 0.3) is 0 Å². The molecule has 5 saturated carbocycles. The zero-order chi connectivity index (χ0) is 27.6. The molecule has 40 heavy (non-hydrogen) atoms. The molecule has 1 aromatic rings. The molecule has 6 atom stereocenters. The molecule has 2 aliphatic heterocycles. The molecule has 214 valence electrons. The van der Waals surface area contributed by atoms with Crippen molar-refractivity contribution in [3.05, 3.63) is 34.2 Å². The van der Waals surface area contributed by atoms with Crippen molar-refractivity contribution in [1.82, 2.24) is 19.7 Å². The van der Waals surface area contributed by atoms with Gasteiger partial charge in [0, 0.05) is 44.8 Å². The summed E-state index contributed by atoms with van der Waals surface area (Å²) in [6.45, 7) is 4.21. The first-order valence-electron chi connectivity index (χ1n) is 15.1. The van der Waals surface area contributed by atoms with Gasteiger partial charge in [0.25, 0.3) is 5.91 Å². The van der Waals surface area contributed by atoms with E-state index in [9.17, 15) is 19.6 Å². The Kier molecular flexibility index (Phi) is 6.33. The molecule has 0 aromatic carbocycles. The molecule has 2 saturated heterocycles. The van der Waals surface area contributed by atoms with Gasteiger partial charge in [-0.05, 0) is 80.6 Å². The molecular weight excluding hydrogens is 508 g/mol. The van der Waals surface area contributed by atoms with Crippen molar-refractivity contribution >= 4 is 11.8 Å². The van der Waals surface area contributed by atoms with E-state index in [0.29, 0.717) is 43.1 Å². The van der Waals surface area contributed by atoms with E-state index in [1.54, 1.807) is 17.0 Å². The van der Waals surface area contributed by atoms with Crippen molar-refractivity contribution in [2.24, 2.45) is 28.9 Å². The molecule has 8 rings (SSSR count). The number of piperazine rings is 1. The van der Waals surface area contributed by atoms with Gasteiger partial charge in [-0.15, -0.1) is 0 Å². The Labute approximate surface area is 234 Å². The van der Waals surface area contributed by atoms with Crippen molar-refractivity contribution in [3.63, 3.8) is 0 Å². The molecule has 10 nitrogen and oxygen atoms in total. The monoisotopic (exact) mass is 548 g/mol. The van der Waals surface area contributed by atoms with Gasteiger partial charge in [0.2, 0.25) is 11.5 Å². The summed E-state index contributed by atoms with van der Waals surface area (Å²) in [5.74, 6) is 1.47. The Morgan fingerprint density at radius 3 is 2.55 bits per heavy atom. The number of carbonyl (C=O) groups is 2. The number of carbonyl (C=O) groups excluding carboxylic acids is 2. The number of aromatic nitrogens is 1. The summed E-state index contributed by atoms with van der Waals surface area (Å²) in [4.78, 5) is 46.7. The van der Waals surface area contributed by atoms with E-state index >= 15 is 0 Å². The number of pyridine rings is 1. The summed E-state index contributed by atoms with van der Waals surface area (Å²) in [7, 11) is 0. The predicted octanol–water partition coefficient (Wildman–Crippen LogP) is 1.33. The average Bonchev–Trinajstić information content (AvgIpc) is 3.60. The number of piperidine rings is 1. The van der Waals surface area contributed by atoms with Gasteiger partial charge in [-0.3, -0.25) is 19.3 Å². The Hall–Kier alpha value is -2.74. The van der Waals surface area contributed by atoms with E-state index in [1.165, 1.54) is 12.5 Å². The summed E-state index contributed by atoms with van der Waals surface area (Å²) >= 11 is 0. The van der Waals surface area contributed by atoms with Crippen LogP contribution < -0.4 is 11.3 Å². The Bertz CT molecular complexity index is 1270. The van der Waals surface area contributed by atoms with Crippen LogP contribution in [-0.2, 0) is 9.53 Å². The van der Waals surface area contributed by atoms with Crippen LogP contribution in [0.3, 0.4) is 0 Å². The van der Waals surface area contributed by atoms with E-state index in [4.69, 9.17) is 10.5 Å². The van der Waals surface area contributed by atoms with Gasteiger partial charge in [-0.2, -0.15) is 5.26 Å². The van der Waals surface area contributed by atoms with Gasteiger partial charge in [0.15, 0.2) is 0 Å². The van der Waals surface area contributed by atoms with E-state index in [2.05, 4.69) is 16.0 Å². The molecule has 1 aromatic heterocycles. The predicted molar refractivity (Wildman–Crippen MR) is 146 cm³/mol. The van der Waals surface area contributed by atoms with Crippen LogP contribution in [0.15, 0.2) is 23.0 Å². The fraction of sp³-hybridized carbons (Fsp3) is 0.733. The average molecular weight is 549 g/mol. The van der Waals surface area contributed by atoms with Crippen molar-refractivity contribution in [1.29, 1.82) is 5.26 Å². The third-order valence-electron chi connectivity index (χ3n) is 11.0. The minimum absolute atomic E-state index is 0.000598. The number of nitrogens with one attached hydrogen (secondary N) is 1. The zero-order valence-electron chi connectivity index (χ0n) is 23.1. The van der Waals surface area contributed by atoms with Crippen LogP contribution in [0.2, 0.25) is 0 Å². The first kappa shape index (κ1) is 26.2. The standard InChI is InChI=1S/C30H40N6O4/c31-17-22-11-21-12-24(21)36(22)28(39)26(32)29-13-19-10-20(14-29)16-30(15-19,18-29)40-9-8-34-4-6-35(7-5-34)27(38)23-2-1-3-25(37)33-23/h1-3,19-22,24,26H,4-16,18,32H2,(H,33,37)/t19?,20?,21-,22+,24+,26-,29?,30?/m1/s1. The second kappa shape index (κ2) is 9.68. The molecular formula is C30H40N6O4. The van der Waals surface area contributed by atoms with Crippen LogP contribution in [0.5, 0.6) is 0 Å². The third-order valence-corrected chi connectivity index (χ3v) is 11.0. The summed E-state index contributed by atoms with van der Waals surface area (Å²) in [5.41, 5.74) is 6.51. The minimum Gasteiger partial charge on any atom is -0.374 e. The highest BCUT2D eigenvalue weighted by atomic mass is 16.5. The maximum atomic E-state index is 13.7. The highest BCUT2D eigenvalue weighted by molar-refractivity contribution is 5.92. The van der Waals surface area contributed by atoms with Crippen LogP contribution in [0, 0.1) is 34.5 Å². The molecule has 5 aliphatic carbocycles. The molecule has 0 spiro atoms. The van der Waals surface area contributed by atoms with Gasteiger partial charge in [0.1, 0.15) is 11.7 Å². The topological polar surface area (TPSA) is 136 Å². The van der Waals surface area contributed by atoms with Gasteiger partial charge < -0.3 is 25.3 Å². The second-order valence-electron chi connectivity index (χ2n) is 13.6. The number of rotatable bonds is 7. The number of ether oxygens (including phenoxy) is 1. The smallest absolute Gasteiger partial charge is 0.270 e. The Balaban J connectivity index is 0.953. The number of hydrogen-bond acceptors (Lipinski definition) is 7. The fourth-order valence-electron chi connectivity index (χ4n) is 9.40. The molecule has 4 bridgehead atoms. The number of nitrogens with zero attached hydrogens (tertiary/aromatic N) is 4. The molecule has 3 heterocycles. The van der Waals surface area contributed by atoms with Gasteiger partial charge in [-0.1, -0.05) is 6.07 Å². The molecule has 2 amide bonds. The highest BCUT2D eigenvalue weighted by Crippen LogP contribution is 2.64. The maximum Gasteiger partial charge on any atom is 0.270 e. The number of amides is 2. The van der Waals surface area contributed by atoms with Crippen molar-refractivity contribution in [2.45, 2.75) is 75.1 Å². The van der Waals surface area contributed by atoms with E-state index < -0.39 is 6.04 Å². The summed E-state index contributed by atoms with van der Waals surface area (Å²) < 4.78 is 6.76. The van der Waals surface area contributed by atoms with Gasteiger partial charge >= 0.3 is 0 Å². The summed E-state index contributed by atoms with van der Waals surface area (Å²) in [5, 5.41) is 9.65. The number of nitrogens with two attached hydrogens (primary N) is 1. The first-order valence-corrected chi connectivity index (χ1v) is 15.1. The lowest BCUT2D eigenvalue weighted by Crippen LogP contribution is -2.65. The number of hydrogen-bond donors (Lipinski definition) is 2. The van der Waals surface area contributed by atoms with Crippen LogP contribution in [-0.4, -0.2) is 94.6 Å². The molecule has 3 N–H and O–H groups in total. The zero-order valence-corrected chi connectivity index (χ0v) is 23.1. The maximum absolute atomic E-state index is 13.7. The van der Waals surface area contributed by atoms with Crippen LogP contribution in [0.1, 0.15) is 61.9 Å². The van der Waals surface area contributed by atoms with E-state index in [0.717, 1.165) is 64.6 Å². The van der Waals surface area contributed by atoms with Crippen LogP contribution in [0.4, 0.5) is 0 Å². The Morgan fingerprint density at radius 1 is 1.10 bits per heavy atom. The van der Waals surface area contributed by atoms with Gasteiger partial charge in [-0.25, -0.2) is 0 Å². The van der Waals surface area contributed by atoms with E-state index in [1.807, 2.05) is 4.90 Å². The van der Waals surface area contributed by atoms with E-state index in [-0.39, 0.29) is 40.5 Å². The Morgan fingerprint density at radius 2 is 1.85 bits per heavy atom. The number of fused-ring (bicyclic) bond motifs is 1.